The molecule has 0 spiro atoms. The first-order chi connectivity index (χ1) is 9.48. The SMILES string of the molecule is CC(F)(F)CCc1cncc(N2CCC(C=O)CC2)n1. The molecular weight excluding hydrogens is 264 g/mol. The lowest BCUT2D eigenvalue weighted by Gasteiger charge is -2.30. The van der Waals surface area contributed by atoms with Crippen molar-refractivity contribution in [2.24, 2.45) is 5.92 Å². The van der Waals surface area contributed by atoms with Crippen LogP contribution >= 0.6 is 0 Å². The maximum Gasteiger partial charge on any atom is 0.245 e. The molecule has 0 amide bonds. The van der Waals surface area contributed by atoms with Crippen LogP contribution in [-0.4, -0.2) is 35.3 Å². The molecule has 1 aromatic rings. The standard InChI is InChI=1S/C14H19F2N3O/c1-14(15,16)5-2-12-8-17-9-13(18-12)19-6-3-11(10-20)4-7-19/h8-11H,2-7H2,1H3. The number of hydrogen-bond acceptors (Lipinski definition) is 4. The number of rotatable bonds is 5. The highest BCUT2D eigenvalue weighted by molar-refractivity contribution is 5.54. The molecule has 1 saturated heterocycles. The third-order valence-corrected chi connectivity index (χ3v) is 3.55. The van der Waals surface area contributed by atoms with Gasteiger partial charge in [0.25, 0.3) is 0 Å². The molecule has 2 rings (SSSR count). The van der Waals surface area contributed by atoms with Crippen molar-refractivity contribution in [3.05, 3.63) is 18.1 Å². The van der Waals surface area contributed by atoms with Crippen LogP contribution in [0.1, 0.15) is 31.9 Å². The van der Waals surface area contributed by atoms with Gasteiger partial charge in [-0.3, -0.25) is 4.98 Å². The Kier molecular flexibility index (Phi) is 4.62. The van der Waals surface area contributed by atoms with Gasteiger partial charge >= 0.3 is 0 Å². The van der Waals surface area contributed by atoms with Gasteiger partial charge < -0.3 is 9.69 Å². The summed E-state index contributed by atoms with van der Waals surface area (Å²) in [5.41, 5.74) is 0.585. The molecule has 6 heteroatoms. The van der Waals surface area contributed by atoms with Gasteiger partial charge in [-0.15, -0.1) is 0 Å². The number of carbonyl (C=O) groups is 1. The molecule has 1 fully saturated rings. The molecule has 1 aliphatic heterocycles. The maximum absolute atomic E-state index is 12.9. The van der Waals surface area contributed by atoms with Crippen LogP contribution in [0.15, 0.2) is 12.4 Å². The van der Waals surface area contributed by atoms with Crippen LogP contribution in [-0.2, 0) is 11.2 Å². The first-order valence-corrected chi connectivity index (χ1v) is 6.87. The van der Waals surface area contributed by atoms with E-state index in [4.69, 9.17) is 0 Å². The largest absolute Gasteiger partial charge is 0.355 e. The van der Waals surface area contributed by atoms with Crippen molar-refractivity contribution in [2.75, 3.05) is 18.0 Å². The summed E-state index contributed by atoms with van der Waals surface area (Å²) < 4.78 is 25.7. The molecule has 0 N–H and O–H groups in total. The number of alkyl halides is 2. The molecule has 0 bridgehead atoms. The van der Waals surface area contributed by atoms with Crippen LogP contribution in [0.3, 0.4) is 0 Å². The summed E-state index contributed by atoms with van der Waals surface area (Å²) in [6.45, 7) is 2.42. The first-order valence-electron chi connectivity index (χ1n) is 6.87. The number of hydrogen-bond donors (Lipinski definition) is 0. The topological polar surface area (TPSA) is 46.1 Å². The van der Waals surface area contributed by atoms with Crippen LogP contribution in [0, 0.1) is 5.92 Å². The zero-order valence-electron chi connectivity index (χ0n) is 11.6. The lowest BCUT2D eigenvalue weighted by Crippen LogP contribution is -2.34. The zero-order chi connectivity index (χ0) is 14.6. The normalized spacial score (nSPS) is 17.2. The average Bonchev–Trinajstić information content (AvgIpc) is 2.45. The van der Waals surface area contributed by atoms with E-state index in [0.29, 0.717) is 11.5 Å². The molecule has 0 radical (unpaired) electrons. The fourth-order valence-electron chi connectivity index (χ4n) is 2.28. The van der Waals surface area contributed by atoms with Crippen LogP contribution in [0.25, 0.3) is 0 Å². The highest BCUT2D eigenvalue weighted by Gasteiger charge is 2.22. The average molecular weight is 283 g/mol. The highest BCUT2D eigenvalue weighted by atomic mass is 19.3. The van der Waals surface area contributed by atoms with Crippen molar-refractivity contribution in [3.63, 3.8) is 0 Å². The van der Waals surface area contributed by atoms with Gasteiger partial charge in [-0.25, -0.2) is 13.8 Å². The van der Waals surface area contributed by atoms with Gasteiger partial charge in [0.1, 0.15) is 12.1 Å². The molecule has 0 aromatic carbocycles. The second kappa shape index (κ2) is 6.24. The molecule has 0 saturated carbocycles. The minimum Gasteiger partial charge on any atom is -0.355 e. The zero-order valence-corrected chi connectivity index (χ0v) is 11.6. The minimum absolute atomic E-state index is 0.126. The molecule has 0 unspecified atom stereocenters. The smallest absolute Gasteiger partial charge is 0.245 e. The third kappa shape index (κ3) is 4.21. The Morgan fingerprint density at radius 2 is 2.10 bits per heavy atom. The molecule has 2 heterocycles. The van der Waals surface area contributed by atoms with E-state index < -0.39 is 5.92 Å². The van der Waals surface area contributed by atoms with Crippen molar-refractivity contribution < 1.29 is 13.6 Å². The van der Waals surface area contributed by atoms with Gasteiger partial charge in [-0.1, -0.05) is 0 Å². The Labute approximate surface area is 117 Å². The summed E-state index contributed by atoms with van der Waals surface area (Å²) in [6.07, 6.45) is 5.80. The number of aromatic nitrogens is 2. The fraction of sp³-hybridized carbons (Fsp3) is 0.643. The predicted octanol–water partition coefficient (Wildman–Crippen LogP) is 2.48. The summed E-state index contributed by atoms with van der Waals surface area (Å²) in [4.78, 5) is 21.2. The lowest BCUT2D eigenvalue weighted by atomic mass is 9.99. The maximum atomic E-state index is 12.9. The third-order valence-electron chi connectivity index (χ3n) is 3.55. The van der Waals surface area contributed by atoms with Crippen molar-refractivity contribution >= 4 is 12.1 Å². The van der Waals surface area contributed by atoms with Gasteiger partial charge in [-0.2, -0.15) is 0 Å². The van der Waals surface area contributed by atoms with Crippen LogP contribution in [0.5, 0.6) is 0 Å². The van der Waals surface area contributed by atoms with Gasteiger partial charge in [-0.05, 0) is 26.2 Å². The van der Waals surface area contributed by atoms with E-state index in [-0.39, 0.29) is 18.8 Å². The van der Waals surface area contributed by atoms with Crippen LogP contribution in [0.4, 0.5) is 14.6 Å². The van der Waals surface area contributed by atoms with Gasteiger partial charge in [0.05, 0.1) is 11.9 Å². The molecule has 4 nitrogen and oxygen atoms in total. The number of carbonyl (C=O) groups excluding carboxylic acids is 1. The number of halogens is 2. The van der Waals surface area contributed by atoms with E-state index in [2.05, 4.69) is 14.9 Å². The van der Waals surface area contributed by atoms with Crippen LogP contribution in [0.2, 0.25) is 0 Å². The molecule has 1 aliphatic rings. The Morgan fingerprint density at radius 3 is 2.70 bits per heavy atom. The summed E-state index contributed by atoms with van der Waals surface area (Å²) >= 11 is 0. The van der Waals surface area contributed by atoms with E-state index in [1.165, 1.54) is 6.20 Å². The summed E-state index contributed by atoms with van der Waals surface area (Å²) in [7, 11) is 0. The molecule has 20 heavy (non-hydrogen) atoms. The summed E-state index contributed by atoms with van der Waals surface area (Å²) in [5, 5.41) is 0. The number of nitrogens with zero attached hydrogens (tertiary/aromatic N) is 3. The minimum atomic E-state index is -2.68. The summed E-state index contributed by atoms with van der Waals surface area (Å²) in [5.74, 6) is -1.84. The Bertz CT molecular complexity index is 454. The van der Waals surface area contributed by atoms with Gasteiger partial charge in [0.15, 0.2) is 0 Å². The summed E-state index contributed by atoms with van der Waals surface area (Å²) in [6, 6.07) is 0. The van der Waals surface area contributed by atoms with E-state index in [0.717, 1.165) is 39.1 Å². The monoisotopic (exact) mass is 283 g/mol. The fourth-order valence-corrected chi connectivity index (χ4v) is 2.28. The number of aryl methyl sites for hydroxylation is 1. The van der Waals surface area contributed by atoms with E-state index in [1.54, 1.807) is 6.20 Å². The lowest BCUT2D eigenvalue weighted by molar-refractivity contribution is -0.111. The Balaban J connectivity index is 1.97. The Hall–Kier alpha value is -1.59. The van der Waals surface area contributed by atoms with Crippen molar-refractivity contribution in [2.45, 2.75) is 38.5 Å². The van der Waals surface area contributed by atoms with Gasteiger partial charge in [0, 0.05) is 31.6 Å². The second-order valence-electron chi connectivity index (χ2n) is 5.40. The molecule has 0 aliphatic carbocycles. The molecule has 1 aromatic heterocycles. The number of piperidine rings is 1. The van der Waals surface area contributed by atoms with E-state index in [9.17, 15) is 13.6 Å². The van der Waals surface area contributed by atoms with Crippen molar-refractivity contribution in [3.8, 4) is 0 Å². The number of aldehydes is 1. The number of anilines is 1. The van der Waals surface area contributed by atoms with Gasteiger partial charge in [0.2, 0.25) is 5.92 Å². The van der Waals surface area contributed by atoms with E-state index in [1.807, 2.05) is 0 Å². The predicted molar refractivity (Wildman–Crippen MR) is 72.0 cm³/mol. The van der Waals surface area contributed by atoms with E-state index >= 15 is 0 Å². The van der Waals surface area contributed by atoms with Crippen molar-refractivity contribution in [1.29, 1.82) is 0 Å². The highest BCUT2D eigenvalue weighted by Crippen LogP contribution is 2.22. The first kappa shape index (κ1) is 14.8. The van der Waals surface area contributed by atoms with Crippen LogP contribution < -0.4 is 4.90 Å². The quantitative estimate of drug-likeness (QED) is 0.779. The molecular formula is C14H19F2N3O. The Morgan fingerprint density at radius 1 is 1.40 bits per heavy atom. The second-order valence-corrected chi connectivity index (χ2v) is 5.40. The molecule has 110 valence electrons. The van der Waals surface area contributed by atoms with Crippen molar-refractivity contribution in [1.82, 2.24) is 9.97 Å². The molecule has 0 atom stereocenters.